The Balaban J connectivity index is 1.90. The Hall–Kier alpha value is -1.36. The molecule has 0 bridgehead atoms. The summed E-state index contributed by atoms with van der Waals surface area (Å²) >= 11 is 0. The quantitative estimate of drug-likeness (QED) is 0.805. The number of rotatable bonds is 7. The van der Waals surface area contributed by atoms with Crippen molar-refractivity contribution in [3.05, 3.63) is 11.9 Å². The minimum atomic E-state index is 0.397. The van der Waals surface area contributed by atoms with Crippen LogP contribution >= 0.6 is 0 Å². The average molecular weight is 251 g/mol. The van der Waals surface area contributed by atoms with Crippen LogP contribution in [0.25, 0.3) is 0 Å². The monoisotopic (exact) mass is 251 g/mol. The van der Waals surface area contributed by atoms with E-state index < -0.39 is 0 Å². The van der Waals surface area contributed by atoms with Crippen LogP contribution in [-0.2, 0) is 11.3 Å². The van der Waals surface area contributed by atoms with E-state index in [1.165, 1.54) is 19.3 Å². The summed E-state index contributed by atoms with van der Waals surface area (Å²) in [6.07, 6.45) is 5.20. The maximum absolute atomic E-state index is 5.70. The third-order valence-electron chi connectivity index (χ3n) is 3.28. The van der Waals surface area contributed by atoms with Crippen LogP contribution in [0.15, 0.2) is 6.07 Å². The number of hydrogen-bond donors (Lipinski definition) is 1. The molecule has 0 radical (unpaired) electrons. The summed E-state index contributed by atoms with van der Waals surface area (Å²) in [5.74, 6) is 2.88. The predicted molar refractivity (Wildman–Crippen MR) is 69.7 cm³/mol. The molecule has 2 rings (SSSR count). The van der Waals surface area contributed by atoms with E-state index >= 15 is 0 Å². The molecule has 0 spiro atoms. The molecule has 1 aromatic heterocycles. The lowest BCUT2D eigenvalue weighted by Gasteiger charge is -2.24. The molecule has 1 fully saturated rings. The Kier molecular flexibility index (Phi) is 4.75. The molecule has 1 saturated carbocycles. The smallest absolute Gasteiger partial charge is 0.218 e. The van der Waals surface area contributed by atoms with E-state index in [1.54, 1.807) is 7.11 Å². The van der Waals surface area contributed by atoms with Gasteiger partial charge in [0.05, 0.1) is 6.61 Å². The van der Waals surface area contributed by atoms with E-state index in [9.17, 15) is 0 Å². The zero-order valence-corrected chi connectivity index (χ0v) is 11.1. The first-order valence-electron chi connectivity index (χ1n) is 6.49. The summed E-state index contributed by atoms with van der Waals surface area (Å²) in [4.78, 5) is 8.60. The highest BCUT2D eigenvalue weighted by atomic mass is 16.5. The Morgan fingerprint density at radius 2 is 2.22 bits per heavy atom. The summed E-state index contributed by atoms with van der Waals surface area (Å²) in [5, 5.41) is 3.00. The average Bonchev–Trinajstić information content (AvgIpc) is 2.32. The van der Waals surface area contributed by atoms with Gasteiger partial charge < -0.3 is 14.8 Å². The Bertz CT molecular complexity index is 380. The molecule has 1 aliphatic carbocycles. The van der Waals surface area contributed by atoms with Crippen molar-refractivity contribution in [3.8, 4) is 5.88 Å². The lowest BCUT2D eigenvalue weighted by Crippen LogP contribution is -2.15. The third-order valence-corrected chi connectivity index (χ3v) is 3.28. The fourth-order valence-electron chi connectivity index (χ4n) is 1.98. The van der Waals surface area contributed by atoms with Crippen molar-refractivity contribution >= 4 is 5.82 Å². The van der Waals surface area contributed by atoms with Crippen LogP contribution in [0.4, 0.5) is 5.82 Å². The van der Waals surface area contributed by atoms with Crippen LogP contribution in [0.2, 0.25) is 0 Å². The zero-order chi connectivity index (χ0) is 12.8. The number of aromatic nitrogens is 2. The number of nitrogens with one attached hydrogen (secondary N) is 1. The molecule has 0 aromatic carbocycles. The largest absolute Gasteiger partial charge is 0.478 e. The molecule has 5 heteroatoms. The molecule has 0 unspecified atom stereocenters. The summed E-state index contributed by atoms with van der Waals surface area (Å²) in [6.45, 7) is 1.13. The fourth-order valence-corrected chi connectivity index (χ4v) is 1.98. The summed E-state index contributed by atoms with van der Waals surface area (Å²) in [7, 11) is 3.46. The van der Waals surface area contributed by atoms with Crippen molar-refractivity contribution in [1.82, 2.24) is 9.97 Å². The SMILES string of the molecule is CNc1cc(OCCC2CCC2)nc(COC)n1. The van der Waals surface area contributed by atoms with Gasteiger partial charge in [-0.05, 0) is 12.3 Å². The van der Waals surface area contributed by atoms with Crippen molar-refractivity contribution in [1.29, 1.82) is 0 Å². The van der Waals surface area contributed by atoms with E-state index in [0.29, 0.717) is 18.3 Å². The molecular weight excluding hydrogens is 230 g/mol. The second-order valence-electron chi connectivity index (χ2n) is 4.62. The fraction of sp³-hybridized carbons (Fsp3) is 0.692. The summed E-state index contributed by atoms with van der Waals surface area (Å²) in [5.41, 5.74) is 0. The first-order valence-corrected chi connectivity index (χ1v) is 6.49. The minimum absolute atomic E-state index is 0.397. The topological polar surface area (TPSA) is 56.3 Å². The van der Waals surface area contributed by atoms with Crippen molar-refractivity contribution in [2.45, 2.75) is 32.3 Å². The Morgan fingerprint density at radius 1 is 1.39 bits per heavy atom. The van der Waals surface area contributed by atoms with Crippen LogP contribution in [0.3, 0.4) is 0 Å². The molecule has 18 heavy (non-hydrogen) atoms. The van der Waals surface area contributed by atoms with Gasteiger partial charge in [-0.15, -0.1) is 0 Å². The van der Waals surface area contributed by atoms with Gasteiger partial charge in [0.25, 0.3) is 0 Å². The molecule has 0 aliphatic heterocycles. The Labute approximate surface area is 108 Å². The van der Waals surface area contributed by atoms with Crippen molar-refractivity contribution in [2.75, 3.05) is 26.1 Å². The molecule has 1 aromatic rings. The molecule has 1 aliphatic rings. The van der Waals surface area contributed by atoms with Gasteiger partial charge in [-0.3, -0.25) is 0 Å². The zero-order valence-electron chi connectivity index (χ0n) is 11.1. The summed E-state index contributed by atoms with van der Waals surface area (Å²) in [6, 6.07) is 1.82. The molecule has 0 atom stereocenters. The van der Waals surface area contributed by atoms with Crippen molar-refractivity contribution < 1.29 is 9.47 Å². The number of hydrogen-bond acceptors (Lipinski definition) is 5. The molecule has 5 nitrogen and oxygen atoms in total. The predicted octanol–water partition coefficient (Wildman–Crippen LogP) is 2.23. The van der Waals surface area contributed by atoms with E-state index in [-0.39, 0.29) is 0 Å². The molecule has 1 heterocycles. The highest BCUT2D eigenvalue weighted by molar-refractivity contribution is 5.37. The molecule has 100 valence electrons. The number of ether oxygens (including phenoxy) is 2. The van der Waals surface area contributed by atoms with E-state index in [1.807, 2.05) is 13.1 Å². The van der Waals surface area contributed by atoms with Crippen LogP contribution < -0.4 is 10.1 Å². The highest BCUT2D eigenvalue weighted by Crippen LogP contribution is 2.29. The van der Waals surface area contributed by atoms with Gasteiger partial charge in [-0.25, -0.2) is 4.98 Å². The second-order valence-corrected chi connectivity index (χ2v) is 4.62. The maximum atomic E-state index is 5.70. The van der Waals surface area contributed by atoms with Crippen LogP contribution in [-0.4, -0.2) is 30.7 Å². The summed E-state index contributed by atoms with van der Waals surface area (Å²) < 4.78 is 10.7. The third kappa shape index (κ3) is 3.57. The van der Waals surface area contributed by atoms with Gasteiger partial charge in [0, 0.05) is 20.2 Å². The maximum Gasteiger partial charge on any atom is 0.218 e. The van der Waals surface area contributed by atoms with Gasteiger partial charge in [-0.2, -0.15) is 4.98 Å². The molecule has 0 amide bonds. The van der Waals surface area contributed by atoms with Crippen LogP contribution in [0.5, 0.6) is 5.88 Å². The number of anilines is 1. The lowest BCUT2D eigenvalue weighted by molar-refractivity contribution is 0.175. The normalized spacial score (nSPS) is 15.2. The first kappa shape index (κ1) is 13.1. The van der Waals surface area contributed by atoms with Gasteiger partial charge in [0.2, 0.25) is 5.88 Å². The number of methoxy groups -OCH3 is 1. The van der Waals surface area contributed by atoms with Gasteiger partial charge in [0.15, 0.2) is 5.82 Å². The van der Waals surface area contributed by atoms with Gasteiger partial charge in [0.1, 0.15) is 12.4 Å². The van der Waals surface area contributed by atoms with E-state index in [2.05, 4.69) is 15.3 Å². The van der Waals surface area contributed by atoms with E-state index in [4.69, 9.17) is 9.47 Å². The highest BCUT2D eigenvalue weighted by Gasteiger charge is 2.17. The van der Waals surface area contributed by atoms with Crippen molar-refractivity contribution in [2.24, 2.45) is 5.92 Å². The van der Waals surface area contributed by atoms with Gasteiger partial charge >= 0.3 is 0 Å². The van der Waals surface area contributed by atoms with Crippen LogP contribution in [0.1, 0.15) is 31.5 Å². The standard InChI is InChI=1S/C13H21N3O2/c1-14-11-8-13(16-12(15-11)9-17-2)18-7-6-10-4-3-5-10/h8,10H,3-7,9H2,1-2H3,(H,14,15,16). The minimum Gasteiger partial charge on any atom is -0.478 e. The molecular formula is C13H21N3O2. The number of nitrogens with zero attached hydrogens (tertiary/aromatic N) is 2. The van der Waals surface area contributed by atoms with E-state index in [0.717, 1.165) is 24.8 Å². The van der Waals surface area contributed by atoms with Gasteiger partial charge in [-0.1, -0.05) is 19.3 Å². The van der Waals surface area contributed by atoms with Crippen LogP contribution in [0, 0.1) is 5.92 Å². The molecule has 0 saturated heterocycles. The molecule has 1 N–H and O–H groups in total. The first-order chi connectivity index (χ1) is 8.81. The lowest BCUT2D eigenvalue weighted by atomic mass is 9.83. The van der Waals surface area contributed by atoms with Crippen molar-refractivity contribution in [3.63, 3.8) is 0 Å². The second kappa shape index (κ2) is 6.54. The Morgan fingerprint density at radius 3 is 2.83 bits per heavy atom.